The van der Waals surface area contributed by atoms with Crippen molar-refractivity contribution in [3.05, 3.63) is 0 Å². The first-order chi connectivity index (χ1) is 6.42. The van der Waals surface area contributed by atoms with Crippen LogP contribution in [0.5, 0.6) is 0 Å². The average Bonchev–Trinajstić information content (AvgIpc) is 2.67. The standard InChI is InChI=1S/C10H20N2O/c11-8-9-2-1-3-10(9)12-4-6-13-7-5-12/h9-10H,1-8,11H2/t9-,10-/m1/s1. The maximum atomic E-state index is 5.77. The maximum absolute atomic E-state index is 5.77. The first-order valence-corrected chi connectivity index (χ1v) is 5.43. The van der Waals surface area contributed by atoms with Crippen molar-refractivity contribution in [3.8, 4) is 0 Å². The fourth-order valence-electron chi connectivity index (χ4n) is 2.68. The van der Waals surface area contributed by atoms with Crippen LogP contribution in [-0.4, -0.2) is 43.8 Å². The van der Waals surface area contributed by atoms with Crippen molar-refractivity contribution in [1.29, 1.82) is 0 Å². The van der Waals surface area contributed by atoms with Crippen LogP contribution < -0.4 is 5.73 Å². The Balaban J connectivity index is 1.90. The molecule has 2 N–H and O–H groups in total. The molecule has 2 fully saturated rings. The highest BCUT2D eigenvalue weighted by molar-refractivity contribution is 4.86. The third-order valence-electron chi connectivity index (χ3n) is 3.44. The maximum Gasteiger partial charge on any atom is 0.0594 e. The zero-order chi connectivity index (χ0) is 9.10. The fraction of sp³-hybridized carbons (Fsp3) is 1.00. The molecule has 1 saturated heterocycles. The van der Waals surface area contributed by atoms with E-state index < -0.39 is 0 Å². The summed E-state index contributed by atoms with van der Waals surface area (Å²) in [6.45, 7) is 4.91. The van der Waals surface area contributed by atoms with E-state index in [1.807, 2.05) is 0 Å². The smallest absolute Gasteiger partial charge is 0.0594 e. The van der Waals surface area contributed by atoms with E-state index in [1.54, 1.807) is 0 Å². The van der Waals surface area contributed by atoms with Gasteiger partial charge in [-0.3, -0.25) is 4.90 Å². The topological polar surface area (TPSA) is 38.5 Å². The van der Waals surface area contributed by atoms with E-state index in [0.29, 0.717) is 0 Å². The minimum absolute atomic E-state index is 0.748. The molecule has 0 radical (unpaired) electrons. The second-order valence-corrected chi connectivity index (χ2v) is 4.14. The summed E-state index contributed by atoms with van der Waals surface area (Å²) < 4.78 is 5.36. The van der Waals surface area contributed by atoms with Crippen LogP contribution in [0.4, 0.5) is 0 Å². The Labute approximate surface area is 80.2 Å². The highest BCUT2D eigenvalue weighted by Crippen LogP contribution is 2.29. The van der Waals surface area contributed by atoms with Gasteiger partial charge in [0.05, 0.1) is 13.2 Å². The molecule has 2 rings (SSSR count). The van der Waals surface area contributed by atoms with Gasteiger partial charge in [-0.15, -0.1) is 0 Å². The molecular weight excluding hydrogens is 164 g/mol. The summed E-state index contributed by atoms with van der Waals surface area (Å²) in [6.07, 6.45) is 4.05. The highest BCUT2D eigenvalue weighted by atomic mass is 16.5. The Kier molecular flexibility index (Phi) is 3.19. The molecule has 3 nitrogen and oxygen atoms in total. The quantitative estimate of drug-likeness (QED) is 0.677. The zero-order valence-electron chi connectivity index (χ0n) is 8.24. The van der Waals surface area contributed by atoms with Gasteiger partial charge in [-0.05, 0) is 25.3 Å². The van der Waals surface area contributed by atoms with Crippen LogP contribution in [0.2, 0.25) is 0 Å². The molecule has 0 bridgehead atoms. The van der Waals surface area contributed by atoms with E-state index in [-0.39, 0.29) is 0 Å². The zero-order valence-corrected chi connectivity index (χ0v) is 8.24. The lowest BCUT2D eigenvalue weighted by Crippen LogP contribution is -2.46. The highest BCUT2D eigenvalue weighted by Gasteiger charge is 2.31. The molecule has 3 heteroatoms. The predicted octanol–water partition coefficient (Wildman–Crippen LogP) is 0.446. The van der Waals surface area contributed by atoms with Crippen molar-refractivity contribution < 1.29 is 4.74 Å². The minimum atomic E-state index is 0.748. The van der Waals surface area contributed by atoms with Gasteiger partial charge in [-0.1, -0.05) is 6.42 Å². The van der Waals surface area contributed by atoms with Gasteiger partial charge in [0.1, 0.15) is 0 Å². The van der Waals surface area contributed by atoms with E-state index in [4.69, 9.17) is 10.5 Å². The Morgan fingerprint density at radius 2 is 2.00 bits per heavy atom. The molecule has 76 valence electrons. The summed E-state index contributed by atoms with van der Waals surface area (Å²) in [6, 6.07) is 0.758. The van der Waals surface area contributed by atoms with Gasteiger partial charge >= 0.3 is 0 Å². The largest absolute Gasteiger partial charge is 0.379 e. The molecule has 1 aliphatic carbocycles. The molecule has 2 atom stereocenters. The second-order valence-electron chi connectivity index (χ2n) is 4.14. The summed E-state index contributed by atoms with van der Waals surface area (Å²) in [5, 5.41) is 0. The van der Waals surface area contributed by atoms with Gasteiger partial charge in [0.15, 0.2) is 0 Å². The van der Waals surface area contributed by atoms with Crippen molar-refractivity contribution in [2.45, 2.75) is 25.3 Å². The molecule has 1 saturated carbocycles. The fourth-order valence-corrected chi connectivity index (χ4v) is 2.68. The van der Waals surface area contributed by atoms with Gasteiger partial charge in [0, 0.05) is 19.1 Å². The first-order valence-electron chi connectivity index (χ1n) is 5.43. The van der Waals surface area contributed by atoms with E-state index in [9.17, 15) is 0 Å². The van der Waals surface area contributed by atoms with Crippen LogP contribution in [-0.2, 0) is 4.74 Å². The van der Waals surface area contributed by atoms with Crippen LogP contribution in [0.15, 0.2) is 0 Å². The van der Waals surface area contributed by atoms with Crippen LogP contribution >= 0.6 is 0 Å². The SMILES string of the molecule is NC[C@H]1CCC[C@H]1N1CCOCC1. The second kappa shape index (κ2) is 4.40. The molecule has 1 heterocycles. The monoisotopic (exact) mass is 184 g/mol. The molecule has 0 unspecified atom stereocenters. The van der Waals surface area contributed by atoms with Crippen molar-refractivity contribution >= 4 is 0 Å². The van der Waals surface area contributed by atoms with Crippen LogP contribution in [0.25, 0.3) is 0 Å². The van der Waals surface area contributed by atoms with Gasteiger partial charge in [0.2, 0.25) is 0 Å². The van der Waals surface area contributed by atoms with Crippen LogP contribution in [0, 0.1) is 5.92 Å². The third kappa shape index (κ3) is 2.03. The number of morpholine rings is 1. The number of hydrogen-bond acceptors (Lipinski definition) is 3. The molecule has 2 aliphatic rings. The molecular formula is C10H20N2O. The lowest BCUT2D eigenvalue weighted by Gasteiger charge is -2.35. The minimum Gasteiger partial charge on any atom is -0.379 e. The van der Waals surface area contributed by atoms with E-state index in [1.165, 1.54) is 19.3 Å². The molecule has 0 spiro atoms. The van der Waals surface area contributed by atoms with Gasteiger partial charge in [-0.25, -0.2) is 0 Å². The van der Waals surface area contributed by atoms with Gasteiger partial charge in [0.25, 0.3) is 0 Å². The Bertz CT molecular complexity index is 157. The summed E-state index contributed by atoms with van der Waals surface area (Å²) in [5.74, 6) is 0.748. The Hall–Kier alpha value is -0.120. The van der Waals surface area contributed by atoms with Crippen molar-refractivity contribution in [2.75, 3.05) is 32.8 Å². The Morgan fingerprint density at radius 3 is 2.69 bits per heavy atom. The van der Waals surface area contributed by atoms with Crippen molar-refractivity contribution in [2.24, 2.45) is 11.7 Å². The van der Waals surface area contributed by atoms with Crippen LogP contribution in [0.1, 0.15) is 19.3 Å². The molecule has 1 aliphatic heterocycles. The molecule has 13 heavy (non-hydrogen) atoms. The van der Waals surface area contributed by atoms with Crippen molar-refractivity contribution in [3.63, 3.8) is 0 Å². The van der Waals surface area contributed by atoms with E-state index >= 15 is 0 Å². The summed E-state index contributed by atoms with van der Waals surface area (Å²) >= 11 is 0. The van der Waals surface area contributed by atoms with E-state index in [2.05, 4.69) is 4.90 Å². The summed E-state index contributed by atoms with van der Waals surface area (Å²) in [5.41, 5.74) is 5.77. The molecule has 0 aromatic rings. The number of nitrogens with two attached hydrogens (primary N) is 1. The molecule has 0 aromatic carbocycles. The first kappa shape index (κ1) is 9.44. The Morgan fingerprint density at radius 1 is 1.23 bits per heavy atom. The van der Waals surface area contributed by atoms with Gasteiger partial charge in [-0.2, -0.15) is 0 Å². The predicted molar refractivity (Wildman–Crippen MR) is 52.6 cm³/mol. The number of rotatable bonds is 2. The lowest BCUT2D eigenvalue weighted by atomic mass is 10.0. The number of hydrogen-bond donors (Lipinski definition) is 1. The lowest BCUT2D eigenvalue weighted by molar-refractivity contribution is 0.00903. The van der Waals surface area contributed by atoms with Gasteiger partial charge < -0.3 is 10.5 Å². The van der Waals surface area contributed by atoms with Crippen LogP contribution in [0.3, 0.4) is 0 Å². The third-order valence-corrected chi connectivity index (χ3v) is 3.44. The van der Waals surface area contributed by atoms with E-state index in [0.717, 1.165) is 44.8 Å². The molecule has 0 aromatic heterocycles. The normalized spacial score (nSPS) is 36.7. The summed E-state index contributed by atoms with van der Waals surface area (Å²) in [7, 11) is 0. The number of ether oxygens (including phenoxy) is 1. The van der Waals surface area contributed by atoms with Crippen molar-refractivity contribution in [1.82, 2.24) is 4.90 Å². The number of nitrogens with zero attached hydrogens (tertiary/aromatic N) is 1. The molecule has 0 amide bonds. The summed E-state index contributed by atoms with van der Waals surface area (Å²) in [4.78, 5) is 2.58. The average molecular weight is 184 g/mol.